The molecule has 1 aromatic carbocycles. The molecule has 0 radical (unpaired) electrons. The lowest BCUT2D eigenvalue weighted by molar-refractivity contribution is -0.132. The minimum Gasteiger partial charge on any atom is -0.483 e. The predicted octanol–water partition coefficient (Wildman–Crippen LogP) is 2.51. The van der Waals surface area contributed by atoms with Gasteiger partial charge in [-0.25, -0.2) is 0 Å². The van der Waals surface area contributed by atoms with E-state index in [-0.39, 0.29) is 12.5 Å². The van der Waals surface area contributed by atoms with Crippen LogP contribution in [0.2, 0.25) is 0 Å². The summed E-state index contributed by atoms with van der Waals surface area (Å²) in [5.41, 5.74) is 7.67. The van der Waals surface area contributed by atoms with Crippen molar-refractivity contribution < 1.29 is 9.53 Å². The van der Waals surface area contributed by atoms with Crippen molar-refractivity contribution in [3.63, 3.8) is 0 Å². The van der Waals surface area contributed by atoms with Gasteiger partial charge < -0.3 is 15.4 Å². The number of aryl methyl sites for hydroxylation is 1. The molecule has 0 saturated heterocycles. The van der Waals surface area contributed by atoms with Crippen molar-refractivity contribution in [1.29, 1.82) is 0 Å². The predicted molar refractivity (Wildman–Crippen MR) is 85.1 cm³/mol. The first kappa shape index (κ1) is 17.0. The Morgan fingerprint density at radius 2 is 2.00 bits per heavy atom. The number of carbonyl (C=O) groups is 1. The van der Waals surface area contributed by atoms with Crippen molar-refractivity contribution in [3.8, 4) is 5.75 Å². The highest BCUT2D eigenvalue weighted by molar-refractivity contribution is 9.10. The Hall–Kier alpha value is -1.07. The monoisotopic (exact) mass is 342 g/mol. The average Bonchev–Trinajstić information content (AvgIpc) is 2.39. The van der Waals surface area contributed by atoms with Crippen LogP contribution < -0.4 is 10.5 Å². The summed E-state index contributed by atoms with van der Waals surface area (Å²) in [6.45, 7) is 7.93. The maximum atomic E-state index is 12.0. The van der Waals surface area contributed by atoms with E-state index in [1.165, 1.54) is 0 Å². The normalized spacial score (nSPS) is 10.4. The number of carbonyl (C=O) groups excluding carboxylic acids is 1. The SMILES string of the molecule is CCN(CC)C(=O)COc1c(C)cc(Br)cc1CCN. The number of halogens is 1. The van der Waals surface area contributed by atoms with Crippen molar-refractivity contribution in [2.24, 2.45) is 5.73 Å². The first-order chi connectivity index (χ1) is 9.53. The Bertz CT molecular complexity index is 459. The van der Waals surface area contributed by atoms with E-state index >= 15 is 0 Å². The van der Waals surface area contributed by atoms with E-state index in [0.29, 0.717) is 19.6 Å². The Labute approximate surface area is 129 Å². The molecule has 1 rings (SSSR count). The van der Waals surface area contributed by atoms with Crippen LogP contribution in [0.25, 0.3) is 0 Å². The van der Waals surface area contributed by atoms with Gasteiger partial charge in [-0.2, -0.15) is 0 Å². The number of ether oxygens (including phenoxy) is 1. The van der Waals surface area contributed by atoms with Crippen molar-refractivity contribution >= 4 is 21.8 Å². The van der Waals surface area contributed by atoms with Crippen molar-refractivity contribution in [1.82, 2.24) is 4.90 Å². The van der Waals surface area contributed by atoms with E-state index in [0.717, 1.165) is 27.8 Å². The third-order valence-electron chi connectivity index (χ3n) is 3.19. The lowest BCUT2D eigenvalue weighted by Gasteiger charge is -2.20. The second-order valence-electron chi connectivity index (χ2n) is 4.60. The molecule has 0 aliphatic rings. The molecule has 1 aromatic rings. The van der Waals surface area contributed by atoms with Gasteiger partial charge in [-0.3, -0.25) is 4.79 Å². The highest BCUT2D eigenvalue weighted by atomic mass is 79.9. The molecule has 0 atom stereocenters. The van der Waals surface area contributed by atoms with Crippen LogP contribution in [0, 0.1) is 6.92 Å². The Morgan fingerprint density at radius 1 is 1.35 bits per heavy atom. The van der Waals surface area contributed by atoms with E-state index in [1.807, 2.05) is 32.9 Å². The maximum Gasteiger partial charge on any atom is 0.260 e. The molecule has 112 valence electrons. The highest BCUT2D eigenvalue weighted by Gasteiger charge is 2.13. The van der Waals surface area contributed by atoms with Crippen LogP contribution in [0.5, 0.6) is 5.75 Å². The number of amides is 1. The third-order valence-corrected chi connectivity index (χ3v) is 3.64. The Morgan fingerprint density at radius 3 is 2.55 bits per heavy atom. The molecular formula is C15H23BrN2O2. The first-order valence-corrected chi connectivity index (χ1v) is 7.72. The summed E-state index contributed by atoms with van der Waals surface area (Å²) in [6, 6.07) is 3.98. The molecule has 5 heteroatoms. The summed E-state index contributed by atoms with van der Waals surface area (Å²) >= 11 is 3.47. The van der Waals surface area contributed by atoms with Crippen LogP contribution >= 0.6 is 15.9 Å². The minimum atomic E-state index is 0.0102. The van der Waals surface area contributed by atoms with E-state index in [1.54, 1.807) is 4.90 Å². The lowest BCUT2D eigenvalue weighted by atomic mass is 10.1. The Balaban J connectivity index is 2.84. The fourth-order valence-electron chi connectivity index (χ4n) is 2.15. The van der Waals surface area contributed by atoms with Gasteiger partial charge in [0.15, 0.2) is 6.61 Å². The largest absolute Gasteiger partial charge is 0.483 e. The van der Waals surface area contributed by atoms with E-state index in [2.05, 4.69) is 15.9 Å². The molecule has 4 nitrogen and oxygen atoms in total. The molecule has 0 fully saturated rings. The quantitative estimate of drug-likeness (QED) is 0.828. The highest BCUT2D eigenvalue weighted by Crippen LogP contribution is 2.28. The van der Waals surface area contributed by atoms with Crippen LogP contribution in [-0.2, 0) is 11.2 Å². The molecule has 0 heterocycles. The third kappa shape index (κ3) is 4.49. The van der Waals surface area contributed by atoms with Gasteiger partial charge >= 0.3 is 0 Å². The van der Waals surface area contributed by atoms with Gasteiger partial charge in [0.2, 0.25) is 0 Å². The van der Waals surface area contributed by atoms with Crippen molar-refractivity contribution in [3.05, 3.63) is 27.7 Å². The zero-order valence-electron chi connectivity index (χ0n) is 12.4. The molecule has 1 amide bonds. The molecule has 2 N–H and O–H groups in total. The number of hydrogen-bond donors (Lipinski definition) is 1. The molecule has 0 aliphatic carbocycles. The molecule has 0 aliphatic heterocycles. The van der Waals surface area contributed by atoms with Gasteiger partial charge in [0.05, 0.1) is 0 Å². The Kier molecular flexibility index (Phi) is 7.02. The summed E-state index contributed by atoms with van der Waals surface area (Å²) < 4.78 is 6.76. The van der Waals surface area contributed by atoms with Gasteiger partial charge in [-0.15, -0.1) is 0 Å². The second-order valence-corrected chi connectivity index (χ2v) is 5.52. The van der Waals surface area contributed by atoms with Crippen LogP contribution in [0.3, 0.4) is 0 Å². The lowest BCUT2D eigenvalue weighted by Crippen LogP contribution is -2.34. The van der Waals surface area contributed by atoms with E-state index < -0.39 is 0 Å². The number of nitrogens with two attached hydrogens (primary N) is 1. The molecular weight excluding hydrogens is 320 g/mol. The van der Waals surface area contributed by atoms with Crippen molar-refractivity contribution in [2.75, 3.05) is 26.2 Å². The summed E-state index contributed by atoms with van der Waals surface area (Å²) in [5.74, 6) is 0.787. The summed E-state index contributed by atoms with van der Waals surface area (Å²) in [7, 11) is 0. The molecule has 20 heavy (non-hydrogen) atoms. The number of rotatable bonds is 7. The molecule has 0 aromatic heterocycles. The van der Waals surface area contributed by atoms with Crippen LogP contribution in [-0.4, -0.2) is 37.0 Å². The van der Waals surface area contributed by atoms with Crippen LogP contribution in [0.15, 0.2) is 16.6 Å². The van der Waals surface area contributed by atoms with Crippen LogP contribution in [0.4, 0.5) is 0 Å². The summed E-state index contributed by atoms with van der Waals surface area (Å²) in [6.07, 6.45) is 0.731. The first-order valence-electron chi connectivity index (χ1n) is 6.93. The van der Waals surface area contributed by atoms with Gasteiger partial charge in [0.25, 0.3) is 5.91 Å². The maximum absolute atomic E-state index is 12.0. The van der Waals surface area contributed by atoms with Crippen molar-refractivity contribution in [2.45, 2.75) is 27.2 Å². The second kappa shape index (κ2) is 8.27. The molecule has 0 bridgehead atoms. The van der Waals surface area contributed by atoms with Gasteiger partial charge in [-0.1, -0.05) is 15.9 Å². The minimum absolute atomic E-state index is 0.0102. The number of likely N-dealkylation sites (N-methyl/N-ethyl adjacent to an activating group) is 1. The van der Waals surface area contributed by atoms with Gasteiger partial charge in [0, 0.05) is 17.6 Å². The fraction of sp³-hybridized carbons (Fsp3) is 0.533. The van der Waals surface area contributed by atoms with E-state index in [9.17, 15) is 4.79 Å². The molecule has 0 unspecified atom stereocenters. The average molecular weight is 343 g/mol. The number of nitrogens with zero attached hydrogens (tertiary/aromatic N) is 1. The zero-order valence-corrected chi connectivity index (χ0v) is 14.0. The standard InChI is InChI=1S/C15H23BrN2O2/c1-4-18(5-2)14(19)10-20-15-11(3)8-13(16)9-12(15)6-7-17/h8-9H,4-7,10,17H2,1-3H3. The molecule has 0 saturated carbocycles. The van der Waals surface area contributed by atoms with Gasteiger partial charge in [-0.05, 0) is 57.0 Å². The zero-order chi connectivity index (χ0) is 15.1. The molecule has 0 spiro atoms. The number of benzene rings is 1. The number of hydrogen-bond acceptors (Lipinski definition) is 3. The summed E-state index contributed by atoms with van der Waals surface area (Å²) in [5, 5.41) is 0. The van der Waals surface area contributed by atoms with Gasteiger partial charge in [0.1, 0.15) is 5.75 Å². The van der Waals surface area contributed by atoms with Crippen LogP contribution in [0.1, 0.15) is 25.0 Å². The topological polar surface area (TPSA) is 55.6 Å². The fourth-order valence-corrected chi connectivity index (χ4v) is 2.77. The van der Waals surface area contributed by atoms with E-state index in [4.69, 9.17) is 10.5 Å². The summed E-state index contributed by atoms with van der Waals surface area (Å²) in [4.78, 5) is 13.8. The smallest absolute Gasteiger partial charge is 0.260 e.